The van der Waals surface area contributed by atoms with E-state index in [4.69, 9.17) is 10.5 Å². The van der Waals surface area contributed by atoms with Crippen LogP contribution in [0.25, 0.3) is 0 Å². The first-order valence-corrected chi connectivity index (χ1v) is 12.3. The first-order valence-electron chi connectivity index (χ1n) is 12.3. The number of amides is 2. The second-order valence-corrected chi connectivity index (χ2v) is 9.23. The molecule has 2 rings (SSSR count). The van der Waals surface area contributed by atoms with Crippen molar-refractivity contribution in [2.24, 2.45) is 5.73 Å². The van der Waals surface area contributed by atoms with Crippen LogP contribution in [0.4, 0.5) is 4.79 Å². The van der Waals surface area contributed by atoms with Gasteiger partial charge in [0.25, 0.3) is 0 Å². The molecule has 0 fully saturated rings. The Morgan fingerprint density at radius 3 is 1.86 bits per heavy atom. The average molecular weight is 484 g/mol. The number of aldehydes is 1. The van der Waals surface area contributed by atoms with Gasteiger partial charge in [0, 0.05) is 6.54 Å². The van der Waals surface area contributed by atoms with E-state index in [1.54, 1.807) is 20.8 Å². The van der Waals surface area contributed by atoms with Crippen LogP contribution in [-0.4, -0.2) is 43.0 Å². The SMILES string of the molecule is CC(C)(C)OC(=O)NC(C=O)C(=O)NCCCCc1ccccc1.NCCCCc1ccccc1. The number of rotatable bonds is 12. The third-order valence-electron chi connectivity index (χ3n) is 4.89. The summed E-state index contributed by atoms with van der Waals surface area (Å²) in [6.07, 6.45) is 5.76. The Labute approximate surface area is 209 Å². The van der Waals surface area contributed by atoms with E-state index in [2.05, 4.69) is 47.0 Å². The fourth-order valence-corrected chi connectivity index (χ4v) is 3.13. The van der Waals surface area contributed by atoms with Crippen LogP contribution in [-0.2, 0) is 27.2 Å². The Bertz CT molecular complexity index is 852. The van der Waals surface area contributed by atoms with Crippen LogP contribution in [0.3, 0.4) is 0 Å². The highest BCUT2D eigenvalue weighted by molar-refractivity contribution is 5.98. The van der Waals surface area contributed by atoms with Gasteiger partial charge in [-0.3, -0.25) is 4.79 Å². The van der Waals surface area contributed by atoms with Gasteiger partial charge in [0.1, 0.15) is 5.60 Å². The maximum Gasteiger partial charge on any atom is 0.408 e. The molecule has 35 heavy (non-hydrogen) atoms. The summed E-state index contributed by atoms with van der Waals surface area (Å²) < 4.78 is 5.02. The number of hydrogen-bond acceptors (Lipinski definition) is 5. The zero-order valence-corrected chi connectivity index (χ0v) is 21.3. The molecule has 0 heterocycles. The lowest BCUT2D eigenvalue weighted by Gasteiger charge is -2.21. The van der Waals surface area contributed by atoms with Crippen molar-refractivity contribution in [3.63, 3.8) is 0 Å². The number of alkyl carbamates (subject to hydrolysis) is 1. The van der Waals surface area contributed by atoms with Gasteiger partial charge in [-0.15, -0.1) is 0 Å². The van der Waals surface area contributed by atoms with Crippen LogP contribution in [0.1, 0.15) is 57.6 Å². The van der Waals surface area contributed by atoms with E-state index < -0.39 is 23.6 Å². The third kappa shape index (κ3) is 15.4. The molecule has 192 valence electrons. The fraction of sp³-hybridized carbons (Fsp3) is 0.464. The maximum atomic E-state index is 11.9. The number of nitrogens with one attached hydrogen (secondary N) is 2. The van der Waals surface area contributed by atoms with Gasteiger partial charge in [-0.05, 0) is 77.0 Å². The van der Waals surface area contributed by atoms with Crippen molar-refractivity contribution in [3.05, 3.63) is 71.8 Å². The lowest BCUT2D eigenvalue weighted by Crippen LogP contribution is -2.49. The van der Waals surface area contributed by atoms with Gasteiger partial charge in [-0.2, -0.15) is 0 Å². The molecular formula is C28H41N3O4. The Morgan fingerprint density at radius 1 is 0.886 bits per heavy atom. The minimum atomic E-state index is -1.24. The standard InChI is InChI=1S/C18H26N2O4.C10H15N/c1-18(2,3)24-17(23)20-15(13-21)16(22)19-12-8-7-11-14-9-5-4-6-10-14;11-9-5-4-8-10-6-2-1-3-7-10/h4-6,9-10,13,15H,7-8,11-12H2,1-3H3,(H,19,22)(H,20,23);1-3,6-7H,4-5,8-9,11H2. The van der Waals surface area contributed by atoms with Crippen LogP contribution in [0.15, 0.2) is 60.7 Å². The van der Waals surface area contributed by atoms with E-state index in [0.717, 1.165) is 38.6 Å². The van der Waals surface area contributed by atoms with E-state index in [-0.39, 0.29) is 0 Å². The molecule has 0 saturated heterocycles. The molecule has 1 atom stereocenters. The zero-order valence-electron chi connectivity index (χ0n) is 21.3. The molecule has 0 spiro atoms. The fourth-order valence-electron chi connectivity index (χ4n) is 3.13. The highest BCUT2D eigenvalue weighted by Gasteiger charge is 2.23. The minimum Gasteiger partial charge on any atom is -0.444 e. The van der Waals surface area contributed by atoms with Crippen molar-refractivity contribution < 1.29 is 19.1 Å². The van der Waals surface area contributed by atoms with Crippen LogP contribution in [0.5, 0.6) is 0 Å². The third-order valence-corrected chi connectivity index (χ3v) is 4.89. The van der Waals surface area contributed by atoms with Gasteiger partial charge in [0.15, 0.2) is 12.3 Å². The summed E-state index contributed by atoms with van der Waals surface area (Å²) in [5, 5.41) is 4.90. The summed E-state index contributed by atoms with van der Waals surface area (Å²) in [5.74, 6) is -0.532. The molecule has 2 amide bonds. The summed E-state index contributed by atoms with van der Waals surface area (Å²) in [7, 11) is 0. The molecule has 7 heteroatoms. The first-order chi connectivity index (χ1) is 16.7. The van der Waals surface area contributed by atoms with Gasteiger partial charge in [-0.25, -0.2) is 4.79 Å². The molecule has 0 radical (unpaired) electrons. The van der Waals surface area contributed by atoms with E-state index in [1.165, 1.54) is 17.5 Å². The Kier molecular flexibility index (Phi) is 14.7. The lowest BCUT2D eigenvalue weighted by atomic mass is 10.1. The number of carbonyl (C=O) groups excluding carboxylic acids is 3. The normalized spacial score (nSPS) is 11.4. The topological polar surface area (TPSA) is 111 Å². The first kappa shape index (κ1) is 29.8. The van der Waals surface area contributed by atoms with Gasteiger partial charge in [-0.1, -0.05) is 60.7 Å². The average Bonchev–Trinajstić information content (AvgIpc) is 2.83. The molecule has 7 nitrogen and oxygen atoms in total. The van der Waals surface area contributed by atoms with Gasteiger partial charge < -0.3 is 25.9 Å². The molecule has 0 saturated carbocycles. The molecular weight excluding hydrogens is 442 g/mol. The zero-order chi connectivity index (χ0) is 25.9. The monoisotopic (exact) mass is 483 g/mol. The molecule has 2 aromatic rings. The number of carbonyl (C=O) groups is 3. The Morgan fingerprint density at radius 2 is 1.40 bits per heavy atom. The predicted molar refractivity (Wildman–Crippen MR) is 140 cm³/mol. The second-order valence-electron chi connectivity index (χ2n) is 9.23. The predicted octanol–water partition coefficient (Wildman–Crippen LogP) is 4.19. The summed E-state index contributed by atoms with van der Waals surface area (Å²) >= 11 is 0. The smallest absolute Gasteiger partial charge is 0.408 e. The van der Waals surface area contributed by atoms with Crippen LogP contribution in [0.2, 0.25) is 0 Å². The quantitative estimate of drug-likeness (QED) is 0.238. The van der Waals surface area contributed by atoms with Gasteiger partial charge in [0.05, 0.1) is 0 Å². The molecule has 2 aromatic carbocycles. The van der Waals surface area contributed by atoms with Crippen molar-refractivity contribution in [3.8, 4) is 0 Å². The summed E-state index contributed by atoms with van der Waals surface area (Å²) in [6, 6.07) is 19.4. The van der Waals surface area contributed by atoms with Crippen LogP contribution >= 0.6 is 0 Å². The number of unbranched alkanes of at least 4 members (excludes halogenated alkanes) is 2. The van der Waals surface area contributed by atoms with Gasteiger partial charge >= 0.3 is 6.09 Å². The van der Waals surface area contributed by atoms with Crippen molar-refractivity contribution in [1.82, 2.24) is 10.6 Å². The Hall–Kier alpha value is -3.19. The van der Waals surface area contributed by atoms with E-state index in [1.807, 2.05) is 24.3 Å². The summed E-state index contributed by atoms with van der Waals surface area (Å²) in [5.41, 5.74) is 7.37. The molecule has 0 aliphatic rings. The molecule has 4 N–H and O–H groups in total. The van der Waals surface area contributed by atoms with Crippen LogP contribution in [0, 0.1) is 0 Å². The summed E-state index contributed by atoms with van der Waals surface area (Å²) in [6.45, 7) is 6.37. The molecule has 1 unspecified atom stereocenters. The number of ether oxygens (including phenoxy) is 1. The highest BCUT2D eigenvalue weighted by Crippen LogP contribution is 2.07. The van der Waals surface area contributed by atoms with Crippen LogP contribution < -0.4 is 16.4 Å². The Balaban J connectivity index is 0.000000462. The number of nitrogens with two attached hydrogens (primary N) is 1. The van der Waals surface area contributed by atoms with E-state index in [0.29, 0.717) is 12.8 Å². The molecule has 0 bridgehead atoms. The number of hydrogen-bond donors (Lipinski definition) is 3. The van der Waals surface area contributed by atoms with Crippen molar-refractivity contribution in [2.45, 2.75) is 70.9 Å². The number of aryl methyl sites for hydroxylation is 2. The summed E-state index contributed by atoms with van der Waals surface area (Å²) in [4.78, 5) is 34.5. The molecule has 0 aliphatic carbocycles. The van der Waals surface area contributed by atoms with Crippen molar-refractivity contribution >= 4 is 18.3 Å². The van der Waals surface area contributed by atoms with E-state index >= 15 is 0 Å². The van der Waals surface area contributed by atoms with Gasteiger partial charge in [0.2, 0.25) is 5.91 Å². The molecule has 0 aromatic heterocycles. The van der Waals surface area contributed by atoms with Crippen molar-refractivity contribution in [1.29, 1.82) is 0 Å². The molecule has 0 aliphatic heterocycles. The lowest BCUT2D eigenvalue weighted by molar-refractivity contribution is -0.126. The maximum absolute atomic E-state index is 11.9. The minimum absolute atomic E-state index is 0.392. The second kappa shape index (κ2) is 17.3. The number of benzene rings is 2. The van der Waals surface area contributed by atoms with Crippen molar-refractivity contribution in [2.75, 3.05) is 13.1 Å². The van der Waals surface area contributed by atoms with E-state index in [9.17, 15) is 14.4 Å². The largest absolute Gasteiger partial charge is 0.444 e. The highest BCUT2D eigenvalue weighted by atomic mass is 16.6.